The normalized spacial score (nSPS) is 11.8. The molecular weight excluding hydrogens is 276 g/mol. The number of unbranched alkanes of at least 4 members (excludes halogenated alkanes) is 1. The zero-order valence-corrected chi connectivity index (χ0v) is 13.4. The van der Waals surface area contributed by atoms with E-state index >= 15 is 0 Å². The van der Waals surface area contributed by atoms with E-state index in [1.165, 1.54) is 11.3 Å². The SMILES string of the molecule is CC(C)OCCCCNc1nc(C(C)(C)C(=O)O)cs1. The Morgan fingerprint density at radius 2 is 2.20 bits per heavy atom. The van der Waals surface area contributed by atoms with Gasteiger partial charge in [-0.05, 0) is 40.5 Å². The molecule has 0 saturated carbocycles. The predicted molar refractivity (Wildman–Crippen MR) is 81.6 cm³/mol. The second-order valence-corrected chi connectivity index (χ2v) is 6.38. The van der Waals surface area contributed by atoms with Crippen LogP contribution in [0, 0.1) is 0 Å². The number of nitrogens with one attached hydrogen (secondary N) is 1. The van der Waals surface area contributed by atoms with Crippen molar-refractivity contribution in [1.82, 2.24) is 4.98 Å². The average Bonchev–Trinajstić information content (AvgIpc) is 2.82. The Morgan fingerprint density at radius 3 is 2.80 bits per heavy atom. The van der Waals surface area contributed by atoms with Gasteiger partial charge in [0.05, 0.1) is 11.8 Å². The first-order valence-electron chi connectivity index (χ1n) is 6.89. The summed E-state index contributed by atoms with van der Waals surface area (Å²) in [5.74, 6) is -0.861. The molecule has 0 unspecified atom stereocenters. The highest BCUT2D eigenvalue weighted by Gasteiger charge is 2.32. The third-order valence-electron chi connectivity index (χ3n) is 2.98. The number of carbonyl (C=O) groups is 1. The van der Waals surface area contributed by atoms with Crippen molar-refractivity contribution in [3.8, 4) is 0 Å². The van der Waals surface area contributed by atoms with Crippen molar-refractivity contribution in [3.63, 3.8) is 0 Å². The van der Waals surface area contributed by atoms with Crippen molar-refractivity contribution in [3.05, 3.63) is 11.1 Å². The van der Waals surface area contributed by atoms with Gasteiger partial charge in [0.15, 0.2) is 5.13 Å². The molecule has 5 nitrogen and oxygen atoms in total. The monoisotopic (exact) mass is 300 g/mol. The predicted octanol–water partition coefficient (Wildman–Crippen LogP) is 3.12. The van der Waals surface area contributed by atoms with Crippen molar-refractivity contribution in [1.29, 1.82) is 0 Å². The lowest BCUT2D eigenvalue weighted by molar-refractivity contribution is -0.142. The summed E-state index contributed by atoms with van der Waals surface area (Å²) in [6.07, 6.45) is 2.29. The number of anilines is 1. The van der Waals surface area contributed by atoms with E-state index in [0.29, 0.717) is 5.69 Å². The van der Waals surface area contributed by atoms with Gasteiger partial charge in [-0.3, -0.25) is 4.79 Å². The van der Waals surface area contributed by atoms with Crippen LogP contribution in [0.5, 0.6) is 0 Å². The molecule has 1 aromatic heterocycles. The van der Waals surface area contributed by atoms with Gasteiger partial charge in [-0.1, -0.05) is 0 Å². The van der Waals surface area contributed by atoms with Crippen molar-refractivity contribution in [2.45, 2.75) is 52.1 Å². The maximum atomic E-state index is 11.1. The largest absolute Gasteiger partial charge is 0.481 e. The Hall–Kier alpha value is -1.14. The van der Waals surface area contributed by atoms with Crippen LogP contribution in [0.15, 0.2) is 5.38 Å². The lowest BCUT2D eigenvalue weighted by Crippen LogP contribution is -2.28. The lowest BCUT2D eigenvalue weighted by atomic mass is 9.90. The average molecular weight is 300 g/mol. The first-order valence-corrected chi connectivity index (χ1v) is 7.77. The topological polar surface area (TPSA) is 71.5 Å². The first kappa shape index (κ1) is 16.9. The van der Waals surface area contributed by atoms with Crippen LogP contribution in [-0.2, 0) is 14.9 Å². The van der Waals surface area contributed by atoms with Gasteiger partial charge in [0.25, 0.3) is 0 Å². The van der Waals surface area contributed by atoms with Crippen LogP contribution < -0.4 is 5.32 Å². The maximum Gasteiger partial charge on any atom is 0.315 e. The first-order chi connectivity index (χ1) is 9.34. The molecular formula is C14H24N2O3S. The summed E-state index contributed by atoms with van der Waals surface area (Å²) in [6.45, 7) is 8.98. The van der Waals surface area contributed by atoms with Crippen molar-refractivity contribution < 1.29 is 14.6 Å². The van der Waals surface area contributed by atoms with Crippen LogP contribution in [0.25, 0.3) is 0 Å². The van der Waals surface area contributed by atoms with Gasteiger partial charge in [0.1, 0.15) is 5.41 Å². The molecule has 0 radical (unpaired) electrons. The van der Waals surface area contributed by atoms with Crippen LogP contribution in [0.4, 0.5) is 5.13 Å². The van der Waals surface area contributed by atoms with E-state index in [2.05, 4.69) is 10.3 Å². The van der Waals surface area contributed by atoms with Crippen LogP contribution in [0.1, 0.15) is 46.2 Å². The quantitative estimate of drug-likeness (QED) is 0.686. The molecule has 2 N–H and O–H groups in total. The molecule has 0 aliphatic rings. The summed E-state index contributed by atoms with van der Waals surface area (Å²) in [5, 5.41) is 15.0. The third kappa shape index (κ3) is 5.09. The van der Waals surface area contributed by atoms with Gasteiger partial charge >= 0.3 is 5.97 Å². The van der Waals surface area contributed by atoms with Crippen molar-refractivity contribution in [2.24, 2.45) is 0 Å². The highest BCUT2D eigenvalue weighted by Crippen LogP contribution is 2.27. The summed E-state index contributed by atoms with van der Waals surface area (Å²) in [4.78, 5) is 15.5. The van der Waals surface area contributed by atoms with Crippen molar-refractivity contribution in [2.75, 3.05) is 18.5 Å². The van der Waals surface area contributed by atoms with E-state index in [-0.39, 0.29) is 6.10 Å². The minimum absolute atomic E-state index is 0.280. The third-order valence-corrected chi connectivity index (χ3v) is 3.78. The molecule has 0 atom stereocenters. The fourth-order valence-corrected chi connectivity index (χ4v) is 2.40. The number of rotatable bonds is 9. The van der Waals surface area contributed by atoms with E-state index in [0.717, 1.165) is 31.1 Å². The summed E-state index contributed by atoms with van der Waals surface area (Å²) in [6, 6.07) is 0. The van der Waals surface area contributed by atoms with Crippen LogP contribution >= 0.6 is 11.3 Å². The lowest BCUT2D eigenvalue weighted by Gasteiger charge is -2.15. The molecule has 0 bridgehead atoms. The van der Waals surface area contributed by atoms with Gasteiger partial charge in [-0.25, -0.2) is 4.98 Å². The Kier molecular flexibility index (Phi) is 6.42. The van der Waals surface area contributed by atoms with E-state index in [9.17, 15) is 4.79 Å². The van der Waals surface area contributed by atoms with Crippen LogP contribution in [-0.4, -0.2) is 35.3 Å². The Balaban J connectivity index is 2.33. The minimum atomic E-state index is -0.943. The number of carboxylic acid groups (broad SMARTS) is 1. The molecule has 0 aliphatic heterocycles. The number of hydrogen-bond acceptors (Lipinski definition) is 5. The number of carboxylic acids is 1. The molecule has 20 heavy (non-hydrogen) atoms. The van der Waals surface area contributed by atoms with E-state index in [1.807, 2.05) is 13.8 Å². The Morgan fingerprint density at radius 1 is 1.50 bits per heavy atom. The molecule has 0 aromatic carbocycles. The van der Waals surface area contributed by atoms with E-state index in [4.69, 9.17) is 9.84 Å². The van der Waals surface area contributed by atoms with E-state index in [1.54, 1.807) is 19.2 Å². The number of hydrogen-bond donors (Lipinski definition) is 2. The van der Waals surface area contributed by atoms with Gasteiger partial charge in [0.2, 0.25) is 0 Å². The van der Waals surface area contributed by atoms with Gasteiger partial charge in [-0.2, -0.15) is 0 Å². The standard InChI is InChI=1S/C14H24N2O3S/c1-10(2)19-8-6-5-7-15-13-16-11(9-20-13)14(3,4)12(17)18/h9-10H,5-8H2,1-4H3,(H,15,16)(H,17,18). The summed E-state index contributed by atoms with van der Waals surface area (Å²) < 4.78 is 5.46. The summed E-state index contributed by atoms with van der Waals surface area (Å²) >= 11 is 1.45. The molecule has 1 aromatic rings. The molecule has 114 valence electrons. The molecule has 1 rings (SSSR count). The van der Waals surface area contributed by atoms with Crippen LogP contribution in [0.3, 0.4) is 0 Å². The number of aromatic nitrogens is 1. The zero-order chi connectivity index (χ0) is 15.2. The van der Waals surface area contributed by atoms with Gasteiger partial charge in [0, 0.05) is 18.5 Å². The number of ether oxygens (including phenoxy) is 1. The maximum absolute atomic E-state index is 11.1. The molecule has 6 heteroatoms. The second-order valence-electron chi connectivity index (χ2n) is 5.52. The highest BCUT2D eigenvalue weighted by molar-refractivity contribution is 7.13. The highest BCUT2D eigenvalue weighted by atomic mass is 32.1. The van der Waals surface area contributed by atoms with E-state index < -0.39 is 11.4 Å². The minimum Gasteiger partial charge on any atom is -0.481 e. The fourth-order valence-electron chi connectivity index (χ4n) is 1.49. The van der Waals surface area contributed by atoms with Gasteiger partial charge in [-0.15, -0.1) is 11.3 Å². The molecule has 0 aliphatic carbocycles. The molecule has 0 amide bonds. The number of aliphatic carboxylic acids is 1. The smallest absolute Gasteiger partial charge is 0.315 e. The molecule has 0 fully saturated rings. The summed E-state index contributed by atoms with van der Waals surface area (Å²) in [7, 11) is 0. The molecule has 0 spiro atoms. The second kappa shape index (κ2) is 7.59. The van der Waals surface area contributed by atoms with Crippen molar-refractivity contribution >= 4 is 22.4 Å². The zero-order valence-electron chi connectivity index (χ0n) is 12.6. The van der Waals surface area contributed by atoms with Crippen LogP contribution in [0.2, 0.25) is 0 Å². The molecule has 1 heterocycles. The number of nitrogens with zero attached hydrogens (tertiary/aromatic N) is 1. The van der Waals surface area contributed by atoms with Gasteiger partial charge < -0.3 is 15.2 Å². The Bertz CT molecular complexity index is 430. The molecule has 0 saturated heterocycles. The number of thiazole rings is 1. The fraction of sp³-hybridized carbons (Fsp3) is 0.714. The Labute approximate surface area is 124 Å². The summed E-state index contributed by atoms with van der Waals surface area (Å²) in [5.41, 5.74) is -0.345.